The Balaban J connectivity index is 1.53. The van der Waals surface area contributed by atoms with E-state index < -0.39 is 0 Å². The number of nitrogens with one attached hydrogen (secondary N) is 1. The van der Waals surface area contributed by atoms with E-state index in [9.17, 15) is 5.11 Å². The van der Waals surface area contributed by atoms with Crippen LogP contribution in [0.3, 0.4) is 0 Å². The summed E-state index contributed by atoms with van der Waals surface area (Å²) in [6, 6.07) is 8.35. The van der Waals surface area contributed by atoms with Crippen molar-refractivity contribution < 1.29 is 5.11 Å². The average molecular weight is 401 g/mol. The molecule has 0 radical (unpaired) electrons. The fourth-order valence-electron chi connectivity index (χ4n) is 3.71. The first-order valence-corrected chi connectivity index (χ1v) is 9.95. The van der Waals surface area contributed by atoms with Crippen LogP contribution >= 0.6 is 0 Å². The van der Waals surface area contributed by atoms with Crippen LogP contribution in [0.1, 0.15) is 12.8 Å². The van der Waals surface area contributed by atoms with Crippen LogP contribution in [0.25, 0.3) is 33.6 Å². The third kappa shape index (κ3) is 3.57. The molecule has 8 heteroatoms. The lowest BCUT2D eigenvalue weighted by molar-refractivity contribution is 0.0835. The zero-order valence-corrected chi connectivity index (χ0v) is 16.9. The molecule has 0 atom stereocenters. The summed E-state index contributed by atoms with van der Waals surface area (Å²) in [4.78, 5) is 9.50. The van der Waals surface area contributed by atoms with Crippen molar-refractivity contribution in [3.8, 4) is 33.6 Å². The van der Waals surface area contributed by atoms with Crippen LogP contribution in [0.15, 0.2) is 55.2 Å². The standard InChI is InChI=1S/C22H23N7O/c1-28-12-16(9-24-28)14-4-3-5-15(6-14)21-23-11-20(17-10-25-29(2)13-17)22(27-21)26-18-7-19(30)8-18/h3-6,9-13,18-19,30H,7-8H2,1-2H3,(H,23,26,27)/t18-,19+. The highest BCUT2D eigenvalue weighted by atomic mass is 16.3. The molecule has 0 bridgehead atoms. The molecule has 1 aliphatic carbocycles. The largest absolute Gasteiger partial charge is 0.393 e. The van der Waals surface area contributed by atoms with E-state index in [0.29, 0.717) is 5.82 Å². The Morgan fingerprint density at radius 1 is 0.933 bits per heavy atom. The number of rotatable bonds is 5. The van der Waals surface area contributed by atoms with Gasteiger partial charge in [-0.05, 0) is 24.5 Å². The second-order valence-electron chi connectivity index (χ2n) is 7.81. The Labute approximate surface area is 174 Å². The molecular formula is C22H23N7O. The van der Waals surface area contributed by atoms with Crippen LogP contribution in [0, 0.1) is 0 Å². The number of aliphatic hydroxyl groups is 1. The zero-order chi connectivity index (χ0) is 20.7. The second-order valence-corrected chi connectivity index (χ2v) is 7.81. The number of aryl methyl sites for hydroxylation is 2. The van der Waals surface area contributed by atoms with Crippen molar-refractivity contribution >= 4 is 5.82 Å². The van der Waals surface area contributed by atoms with E-state index in [4.69, 9.17) is 4.98 Å². The summed E-state index contributed by atoms with van der Waals surface area (Å²) in [6.07, 6.45) is 10.6. The highest BCUT2D eigenvalue weighted by Crippen LogP contribution is 2.32. The van der Waals surface area contributed by atoms with Crippen molar-refractivity contribution in [1.82, 2.24) is 29.5 Å². The summed E-state index contributed by atoms with van der Waals surface area (Å²) in [5, 5.41) is 21.7. The molecule has 152 valence electrons. The Kier molecular flexibility index (Phi) is 4.55. The highest BCUT2D eigenvalue weighted by Gasteiger charge is 2.28. The van der Waals surface area contributed by atoms with Gasteiger partial charge in [-0.15, -0.1) is 0 Å². The first-order valence-electron chi connectivity index (χ1n) is 9.95. The number of nitrogens with zero attached hydrogens (tertiary/aromatic N) is 6. The van der Waals surface area contributed by atoms with Crippen molar-refractivity contribution in [2.24, 2.45) is 14.1 Å². The summed E-state index contributed by atoms with van der Waals surface area (Å²) in [5.74, 6) is 1.41. The minimum atomic E-state index is -0.234. The summed E-state index contributed by atoms with van der Waals surface area (Å²) in [6.45, 7) is 0. The van der Waals surface area contributed by atoms with Crippen LogP contribution in [-0.2, 0) is 14.1 Å². The fraction of sp³-hybridized carbons (Fsp3) is 0.273. The maximum atomic E-state index is 9.67. The second kappa shape index (κ2) is 7.38. The van der Waals surface area contributed by atoms with Crippen LogP contribution in [0.5, 0.6) is 0 Å². The lowest BCUT2D eigenvalue weighted by Crippen LogP contribution is -2.39. The molecule has 1 saturated carbocycles. The van der Waals surface area contributed by atoms with E-state index in [-0.39, 0.29) is 12.1 Å². The van der Waals surface area contributed by atoms with Crippen molar-refractivity contribution in [2.45, 2.75) is 25.0 Å². The maximum absolute atomic E-state index is 9.67. The molecule has 2 N–H and O–H groups in total. The van der Waals surface area contributed by atoms with Gasteiger partial charge in [0.2, 0.25) is 0 Å². The molecule has 3 heterocycles. The smallest absolute Gasteiger partial charge is 0.161 e. The molecule has 4 aromatic rings. The molecule has 0 saturated heterocycles. The highest BCUT2D eigenvalue weighted by molar-refractivity contribution is 5.76. The Bertz CT molecular complexity index is 1190. The van der Waals surface area contributed by atoms with Gasteiger partial charge in [-0.1, -0.05) is 18.2 Å². The maximum Gasteiger partial charge on any atom is 0.161 e. The normalized spacial score (nSPS) is 18.2. The molecule has 0 unspecified atom stereocenters. The van der Waals surface area contributed by atoms with Gasteiger partial charge in [0.1, 0.15) is 5.82 Å². The van der Waals surface area contributed by atoms with Crippen molar-refractivity contribution in [3.63, 3.8) is 0 Å². The van der Waals surface area contributed by atoms with Gasteiger partial charge in [-0.25, -0.2) is 9.97 Å². The van der Waals surface area contributed by atoms with E-state index >= 15 is 0 Å². The molecule has 1 fully saturated rings. The number of aliphatic hydroxyl groups excluding tert-OH is 1. The Morgan fingerprint density at radius 3 is 2.30 bits per heavy atom. The van der Waals surface area contributed by atoms with E-state index in [0.717, 1.165) is 46.5 Å². The molecule has 8 nitrogen and oxygen atoms in total. The van der Waals surface area contributed by atoms with E-state index in [2.05, 4.69) is 32.6 Å². The van der Waals surface area contributed by atoms with Gasteiger partial charge in [0.15, 0.2) is 5.82 Å². The molecule has 0 amide bonds. The van der Waals surface area contributed by atoms with Crippen LogP contribution < -0.4 is 5.32 Å². The van der Waals surface area contributed by atoms with Gasteiger partial charge in [-0.2, -0.15) is 10.2 Å². The predicted molar refractivity (Wildman–Crippen MR) is 115 cm³/mol. The van der Waals surface area contributed by atoms with Gasteiger partial charge >= 0.3 is 0 Å². The number of aromatic nitrogens is 6. The van der Waals surface area contributed by atoms with Crippen molar-refractivity contribution in [1.29, 1.82) is 0 Å². The molecule has 1 aliphatic rings. The van der Waals surface area contributed by atoms with Crippen molar-refractivity contribution in [2.75, 3.05) is 5.32 Å². The number of hydrogen-bond acceptors (Lipinski definition) is 6. The minimum Gasteiger partial charge on any atom is -0.393 e. The molecule has 3 aromatic heterocycles. The van der Waals surface area contributed by atoms with E-state index in [1.165, 1.54) is 0 Å². The molecular weight excluding hydrogens is 378 g/mol. The first kappa shape index (κ1) is 18.5. The quantitative estimate of drug-likeness (QED) is 0.534. The van der Waals surface area contributed by atoms with E-state index in [1.807, 2.05) is 57.2 Å². The van der Waals surface area contributed by atoms with Gasteiger partial charge in [0.25, 0.3) is 0 Å². The zero-order valence-electron chi connectivity index (χ0n) is 16.9. The lowest BCUT2D eigenvalue weighted by atomic mass is 9.89. The van der Waals surface area contributed by atoms with Gasteiger partial charge in [0.05, 0.1) is 18.5 Å². The monoisotopic (exact) mass is 401 g/mol. The molecule has 5 rings (SSSR count). The first-order chi connectivity index (χ1) is 14.5. The van der Waals surface area contributed by atoms with Gasteiger partial charge in [0, 0.05) is 61.0 Å². The summed E-state index contributed by atoms with van der Waals surface area (Å²) in [7, 11) is 3.79. The van der Waals surface area contributed by atoms with Gasteiger partial charge in [-0.3, -0.25) is 9.36 Å². The molecule has 0 aliphatic heterocycles. The average Bonchev–Trinajstić information content (AvgIpc) is 3.35. The Morgan fingerprint density at radius 2 is 1.63 bits per heavy atom. The number of hydrogen-bond donors (Lipinski definition) is 2. The summed E-state index contributed by atoms with van der Waals surface area (Å²) >= 11 is 0. The number of anilines is 1. The molecule has 30 heavy (non-hydrogen) atoms. The van der Waals surface area contributed by atoms with E-state index in [1.54, 1.807) is 9.36 Å². The Hall–Kier alpha value is -3.52. The molecule has 1 aromatic carbocycles. The SMILES string of the molecule is Cn1cc(-c2cccc(-c3ncc(-c4cnn(C)c4)c(N[C@H]4C[C@@H](O)C4)n3)c2)cn1. The minimum absolute atomic E-state index is 0.208. The van der Waals surface area contributed by atoms with Crippen LogP contribution in [-0.4, -0.2) is 46.8 Å². The van der Waals surface area contributed by atoms with Crippen LogP contribution in [0.4, 0.5) is 5.82 Å². The topological polar surface area (TPSA) is 93.7 Å². The summed E-state index contributed by atoms with van der Waals surface area (Å²) < 4.78 is 3.55. The predicted octanol–water partition coefficient (Wildman–Crippen LogP) is 2.88. The van der Waals surface area contributed by atoms with Crippen molar-refractivity contribution in [3.05, 3.63) is 55.2 Å². The lowest BCUT2D eigenvalue weighted by Gasteiger charge is -2.32. The molecule has 0 spiro atoms. The van der Waals surface area contributed by atoms with Crippen LogP contribution in [0.2, 0.25) is 0 Å². The van der Waals surface area contributed by atoms with Gasteiger partial charge < -0.3 is 10.4 Å². The fourth-order valence-corrected chi connectivity index (χ4v) is 3.71. The number of benzene rings is 1. The summed E-state index contributed by atoms with van der Waals surface area (Å²) in [5.41, 5.74) is 4.91. The third-order valence-corrected chi connectivity index (χ3v) is 5.42. The third-order valence-electron chi connectivity index (χ3n) is 5.42.